The molecular weight excluding hydrogens is 278 g/mol. The summed E-state index contributed by atoms with van der Waals surface area (Å²) in [6, 6.07) is 16.7. The fraction of sp³-hybridized carbons (Fsp3) is 0.222. The quantitative estimate of drug-likeness (QED) is 0.834. The van der Waals surface area contributed by atoms with Crippen LogP contribution in [0.1, 0.15) is 27.9 Å². The van der Waals surface area contributed by atoms with E-state index in [0.29, 0.717) is 5.56 Å². The van der Waals surface area contributed by atoms with E-state index in [-0.39, 0.29) is 31.4 Å². The van der Waals surface area contributed by atoms with Crippen molar-refractivity contribution in [2.45, 2.75) is 20.0 Å². The average Bonchev–Trinajstić information content (AvgIpc) is 2.54. The summed E-state index contributed by atoms with van der Waals surface area (Å²) in [7, 11) is 0. The molecule has 0 aliphatic carbocycles. The van der Waals surface area contributed by atoms with Gasteiger partial charge in [-0.25, -0.2) is 0 Å². The molecule has 0 heterocycles. The number of benzene rings is 2. The normalized spacial score (nSPS) is 10.0. The van der Waals surface area contributed by atoms with E-state index >= 15 is 0 Å². The lowest BCUT2D eigenvalue weighted by Gasteiger charge is -2.07. The Morgan fingerprint density at radius 1 is 1.05 bits per heavy atom. The van der Waals surface area contributed by atoms with Crippen LogP contribution in [-0.2, 0) is 16.1 Å². The number of amides is 1. The first-order valence-electron chi connectivity index (χ1n) is 7.19. The van der Waals surface area contributed by atoms with Crippen LogP contribution in [0.3, 0.4) is 0 Å². The molecule has 0 aliphatic rings. The van der Waals surface area contributed by atoms with Crippen LogP contribution in [-0.4, -0.2) is 18.4 Å². The summed E-state index contributed by atoms with van der Waals surface area (Å²) >= 11 is 0. The van der Waals surface area contributed by atoms with E-state index in [1.165, 1.54) is 0 Å². The van der Waals surface area contributed by atoms with Crippen molar-refractivity contribution in [2.75, 3.05) is 6.54 Å². The summed E-state index contributed by atoms with van der Waals surface area (Å²) in [5.41, 5.74) is 2.67. The molecule has 2 aromatic rings. The van der Waals surface area contributed by atoms with E-state index in [9.17, 15) is 9.59 Å². The number of rotatable bonds is 6. The van der Waals surface area contributed by atoms with Crippen LogP contribution in [0.4, 0.5) is 0 Å². The number of hydrogen-bond donors (Lipinski definition) is 1. The number of hydrogen-bond acceptors (Lipinski definition) is 3. The first kappa shape index (κ1) is 15.8. The Bertz CT molecular complexity index is 638. The van der Waals surface area contributed by atoms with Gasteiger partial charge >= 0.3 is 5.97 Å². The van der Waals surface area contributed by atoms with Crippen LogP contribution in [0.2, 0.25) is 0 Å². The van der Waals surface area contributed by atoms with E-state index in [0.717, 1.165) is 11.1 Å². The molecule has 0 radical (unpaired) electrons. The molecule has 0 bridgehead atoms. The standard InChI is InChI=1S/C18H19NO3/c1-14-6-5-7-15(12-14)13-22-17(20)10-11-19-18(21)16-8-3-2-4-9-16/h2-9,12H,10-11,13H2,1H3,(H,19,21). The molecule has 4 heteroatoms. The Hall–Kier alpha value is -2.62. The molecule has 0 unspecified atom stereocenters. The number of aryl methyl sites for hydroxylation is 1. The second-order valence-corrected chi connectivity index (χ2v) is 5.02. The zero-order valence-corrected chi connectivity index (χ0v) is 12.5. The lowest BCUT2D eigenvalue weighted by molar-refractivity contribution is -0.144. The molecular formula is C18H19NO3. The fourth-order valence-electron chi connectivity index (χ4n) is 2.01. The highest BCUT2D eigenvalue weighted by atomic mass is 16.5. The smallest absolute Gasteiger partial charge is 0.307 e. The monoisotopic (exact) mass is 297 g/mol. The Balaban J connectivity index is 1.69. The van der Waals surface area contributed by atoms with Crippen LogP contribution >= 0.6 is 0 Å². The van der Waals surface area contributed by atoms with Crippen molar-refractivity contribution in [3.63, 3.8) is 0 Å². The highest BCUT2D eigenvalue weighted by Crippen LogP contribution is 2.06. The number of esters is 1. The van der Waals surface area contributed by atoms with E-state index in [4.69, 9.17) is 4.74 Å². The summed E-state index contributed by atoms with van der Waals surface area (Å²) in [5, 5.41) is 2.70. The van der Waals surface area contributed by atoms with Gasteiger partial charge in [0.15, 0.2) is 0 Å². The van der Waals surface area contributed by atoms with Gasteiger partial charge in [0.1, 0.15) is 6.61 Å². The lowest BCUT2D eigenvalue weighted by atomic mass is 10.1. The maximum absolute atomic E-state index is 11.8. The van der Waals surface area contributed by atoms with Crippen molar-refractivity contribution < 1.29 is 14.3 Å². The first-order valence-corrected chi connectivity index (χ1v) is 7.19. The molecule has 22 heavy (non-hydrogen) atoms. The van der Waals surface area contributed by atoms with Gasteiger partial charge in [0.25, 0.3) is 5.91 Å². The minimum absolute atomic E-state index is 0.157. The molecule has 2 aromatic carbocycles. The molecule has 0 saturated heterocycles. The van der Waals surface area contributed by atoms with Crippen molar-refractivity contribution in [1.29, 1.82) is 0 Å². The second kappa shape index (κ2) is 7.98. The number of nitrogens with one attached hydrogen (secondary N) is 1. The van der Waals surface area contributed by atoms with Crippen LogP contribution < -0.4 is 5.32 Å². The van der Waals surface area contributed by atoms with Crippen LogP contribution in [0.5, 0.6) is 0 Å². The molecule has 0 fully saturated rings. The van der Waals surface area contributed by atoms with Crippen molar-refractivity contribution in [2.24, 2.45) is 0 Å². The van der Waals surface area contributed by atoms with Crippen molar-refractivity contribution >= 4 is 11.9 Å². The number of carbonyl (C=O) groups is 2. The van der Waals surface area contributed by atoms with Crippen LogP contribution in [0.15, 0.2) is 54.6 Å². The van der Waals surface area contributed by atoms with Gasteiger partial charge in [0, 0.05) is 12.1 Å². The fourth-order valence-corrected chi connectivity index (χ4v) is 2.01. The minimum Gasteiger partial charge on any atom is -0.461 e. The van der Waals surface area contributed by atoms with Crippen molar-refractivity contribution in [3.8, 4) is 0 Å². The van der Waals surface area contributed by atoms with Crippen molar-refractivity contribution in [3.05, 3.63) is 71.3 Å². The molecule has 0 spiro atoms. The lowest BCUT2D eigenvalue weighted by Crippen LogP contribution is -2.26. The molecule has 0 saturated carbocycles. The molecule has 0 aromatic heterocycles. The molecule has 1 N–H and O–H groups in total. The van der Waals surface area contributed by atoms with Gasteiger partial charge in [0.05, 0.1) is 6.42 Å². The SMILES string of the molecule is Cc1cccc(COC(=O)CCNC(=O)c2ccccc2)c1. The predicted octanol–water partition coefficient (Wildman–Crippen LogP) is 2.86. The molecule has 114 valence electrons. The summed E-state index contributed by atoms with van der Waals surface area (Å²) in [6.07, 6.45) is 0.157. The van der Waals surface area contributed by atoms with Crippen molar-refractivity contribution in [1.82, 2.24) is 5.32 Å². The third kappa shape index (κ3) is 5.05. The largest absolute Gasteiger partial charge is 0.461 e. The minimum atomic E-state index is -0.324. The van der Waals surface area contributed by atoms with E-state index in [1.54, 1.807) is 24.3 Å². The Morgan fingerprint density at radius 2 is 1.82 bits per heavy atom. The van der Waals surface area contributed by atoms with Gasteiger partial charge in [-0.15, -0.1) is 0 Å². The topological polar surface area (TPSA) is 55.4 Å². The summed E-state index contributed by atoms with van der Waals surface area (Å²) in [6.45, 7) is 2.51. The van der Waals surface area contributed by atoms with Gasteiger partial charge in [-0.1, -0.05) is 48.0 Å². The van der Waals surface area contributed by atoms with Gasteiger partial charge in [0.2, 0.25) is 0 Å². The second-order valence-electron chi connectivity index (χ2n) is 5.02. The van der Waals surface area contributed by atoms with E-state index in [2.05, 4.69) is 5.32 Å². The predicted molar refractivity (Wildman–Crippen MR) is 84.4 cm³/mol. The Morgan fingerprint density at radius 3 is 2.55 bits per heavy atom. The third-order valence-corrected chi connectivity index (χ3v) is 3.13. The van der Waals surface area contributed by atoms with Crippen LogP contribution in [0, 0.1) is 6.92 Å². The van der Waals surface area contributed by atoms with Gasteiger partial charge in [-0.05, 0) is 24.6 Å². The zero-order valence-electron chi connectivity index (χ0n) is 12.5. The summed E-state index contributed by atoms with van der Waals surface area (Å²) < 4.78 is 5.18. The number of ether oxygens (including phenoxy) is 1. The molecule has 1 amide bonds. The van der Waals surface area contributed by atoms with Gasteiger partial charge < -0.3 is 10.1 Å². The van der Waals surface area contributed by atoms with E-state index in [1.807, 2.05) is 37.3 Å². The van der Waals surface area contributed by atoms with E-state index < -0.39 is 0 Å². The summed E-state index contributed by atoms with van der Waals surface area (Å²) in [4.78, 5) is 23.4. The van der Waals surface area contributed by atoms with Crippen LogP contribution in [0.25, 0.3) is 0 Å². The summed E-state index contributed by atoms with van der Waals surface area (Å²) in [5.74, 6) is -0.512. The third-order valence-electron chi connectivity index (χ3n) is 3.13. The maximum Gasteiger partial charge on any atom is 0.307 e. The molecule has 0 aliphatic heterocycles. The average molecular weight is 297 g/mol. The molecule has 0 atom stereocenters. The molecule has 4 nitrogen and oxygen atoms in total. The molecule has 2 rings (SSSR count). The highest BCUT2D eigenvalue weighted by Gasteiger charge is 2.07. The Kier molecular flexibility index (Phi) is 5.72. The Labute approximate surface area is 130 Å². The highest BCUT2D eigenvalue weighted by molar-refractivity contribution is 5.94. The zero-order chi connectivity index (χ0) is 15.8. The first-order chi connectivity index (χ1) is 10.6. The maximum atomic E-state index is 11.8. The van der Waals surface area contributed by atoms with Gasteiger partial charge in [-0.3, -0.25) is 9.59 Å². The number of carbonyl (C=O) groups excluding carboxylic acids is 2. The van der Waals surface area contributed by atoms with Gasteiger partial charge in [-0.2, -0.15) is 0 Å².